The van der Waals surface area contributed by atoms with E-state index in [1.165, 1.54) is 17.8 Å². The fourth-order valence-electron chi connectivity index (χ4n) is 2.71. The lowest BCUT2D eigenvalue weighted by Crippen LogP contribution is -2.35. The van der Waals surface area contributed by atoms with Crippen LogP contribution in [0.5, 0.6) is 0 Å². The summed E-state index contributed by atoms with van der Waals surface area (Å²) in [5, 5.41) is 0.760. The van der Waals surface area contributed by atoms with Gasteiger partial charge >= 0.3 is 0 Å². The standard InChI is InChI=1S/C15H23N3O2S/c1-8(2)12(19)13-11(16)10(14(17)20)15(21-13)18-6-4-5-9(3)7-18/h8-9H,4-7,16H2,1-3H3,(H2,17,20). The Kier molecular flexibility index (Phi) is 4.56. The summed E-state index contributed by atoms with van der Waals surface area (Å²) < 4.78 is 0. The molecule has 1 aromatic heterocycles. The molecule has 0 aromatic carbocycles. The van der Waals surface area contributed by atoms with Crippen LogP contribution in [0.2, 0.25) is 0 Å². The van der Waals surface area contributed by atoms with Crippen LogP contribution in [0.15, 0.2) is 0 Å². The van der Waals surface area contributed by atoms with Gasteiger partial charge in [0.05, 0.1) is 16.1 Å². The van der Waals surface area contributed by atoms with Crippen LogP contribution in [0.3, 0.4) is 0 Å². The van der Waals surface area contributed by atoms with Crippen molar-refractivity contribution in [3.05, 3.63) is 10.4 Å². The summed E-state index contributed by atoms with van der Waals surface area (Å²) in [4.78, 5) is 26.7. The van der Waals surface area contributed by atoms with Gasteiger partial charge in [0.2, 0.25) is 0 Å². The van der Waals surface area contributed by atoms with E-state index in [-0.39, 0.29) is 17.4 Å². The van der Waals surface area contributed by atoms with Crippen molar-refractivity contribution in [2.24, 2.45) is 17.6 Å². The van der Waals surface area contributed by atoms with Gasteiger partial charge in [0.25, 0.3) is 5.91 Å². The number of ketones is 1. The van der Waals surface area contributed by atoms with E-state index >= 15 is 0 Å². The molecule has 1 saturated heterocycles. The number of amides is 1. The molecule has 1 amide bonds. The number of Topliss-reactive ketones (excluding diaryl/α,β-unsaturated/α-hetero) is 1. The van der Waals surface area contributed by atoms with E-state index in [1.54, 1.807) is 0 Å². The molecule has 1 aromatic rings. The van der Waals surface area contributed by atoms with Crippen molar-refractivity contribution in [1.82, 2.24) is 0 Å². The number of primary amides is 1. The molecule has 0 bridgehead atoms. The highest BCUT2D eigenvalue weighted by Gasteiger charge is 2.29. The first-order chi connectivity index (χ1) is 9.82. The number of carbonyl (C=O) groups excluding carboxylic acids is 2. The van der Waals surface area contributed by atoms with Gasteiger partial charge in [0.1, 0.15) is 5.00 Å². The van der Waals surface area contributed by atoms with E-state index in [4.69, 9.17) is 11.5 Å². The van der Waals surface area contributed by atoms with Crippen molar-refractivity contribution in [2.75, 3.05) is 23.7 Å². The zero-order valence-corrected chi connectivity index (χ0v) is 13.6. The molecule has 1 unspecified atom stereocenters. The lowest BCUT2D eigenvalue weighted by atomic mass is 10.00. The Morgan fingerprint density at radius 2 is 2.05 bits per heavy atom. The van der Waals surface area contributed by atoms with Gasteiger partial charge in [-0.3, -0.25) is 9.59 Å². The molecular formula is C15H23N3O2S. The van der Waals surface area contributed by atoms with E-state index < -0.39 is 5.91 Å². The van der Waals surface area contributed by atoms with Crippen molar-refractivity contribution in [2.45, 2.75) is 33.6 Å². The second-order valence-electron chi connectivity index (χ2n) is 6.10. The quantitative estimate of drug-likeness (QED) is 0.836. The predicted octanol–water partition coefficient (Wildman–Crippen LogP) is 2.50. The van der Waals surface area contributed by atoms with Crippen LogP contribution in [0.1, 0.15) is 53.6 Å². The molecular weight excluding hydrogens is 286 g/mol. The van der Waals surface area contributed by atoms with Gasteiger partial charge < -0.3 is 16.4 Å². The van der Waals surface area contributed by atoms with Crippen molar-refractivity contribution in [1.29, 1.82) is 0 Å². The second kappa shape index (κ2) is 6.05. The monoisotopic (exact) mass is 309 g/mol. The molecule has 1 aliphatic heterocycles. The van der Waals surface area contributed by atoms with Crippen LogP contribution < -0.4 is 16.4 Å². The lowest BCUT2D eigenvalue weighted by molar-refractivity contribution is 0.0944. The van der Waals surface area contributed by atoms with E-state index in [1.807, 2.05) is 13.8 Å². The number of hydrogen-bond donors (Lipinski definition) is 2. The molecule has 5 nitrogen and oxygen atoms in total. The van der Waals surface area contributed by atoms with Crippen molar-refractivity contribution >= 4 is 33.7 Å². The van der Waals surface area contributed by atoms with Crippen molar-refractivity contribution < 1.29 is 9.59 Å². The zero-order chi connectivity index (χ0) is 15.7. The number of anilines is 2. The van der Waals surface area contributed by atoms with Gasteiger partial charge in [-0.1, -0.05) is 20.8 Å². The van der Waals surface area contributed by atoms with E-state index in [0.717, 1.165) is 24.5 Å². The van der Waals surface area contributed by atoms with E-state index in [9.17, 15) is 9.59 Å². The molecule has 21 heavy (non-hydrogen) atoms. The Morgan fingerprint density at radius 3 is 2.57 bits per heavy atom. The Balaban J connectivity index is 2.47. The highest BCUT2D eigenvalue weighted by atomic mass is 32.1. The average Bonchev–Trinajstić information content (AvgIpc) is 2.75. The summed E-state index contributed by atoms with van der Waals surface area (Å²) in [6, 6.07) is 0. The normalized spacial score (nSPS) is 19.0. The number of nitrogen functional groups attached to an aromatic ring is 1. The molecule has 6 heteroatoms. The third-order valence-corrected chi connectivity index (χ3v) is 5.15. The molecule has 0 aliphatic carbocycles. The maximum absolute atomic E-state index is 12.3. The van der Waals surface area contributed by atoms with Gasteiger partial charge in [-0.15, -0.1) is 11.3 Å². The third-order valence-electron chi connectivity index (χ3n) is 3.87. The first-order valence-electron chi connectivity index (χ1n) is 7.34. The van der Waals surface area contributed by atoms with Gasteiger partial charge in [-0.25, -0.2) is 0 Å². The molecule has 1 aliphatic rings. The van der Waals surface area contributed by atoms with E-state index in [2.05, 4.69) is 11.8 Å². The summed E-state index contributed by atoms with van der Waals surface area (Å²) in [5.41, 5.74) is 12.1. The molecule has 0 spiro atoms. The largest absolute Gasteiger partial charge is 0.397 e. The van der Waals surface area contributed by atoms with Crippen LogP contribution in [-0.2, 0) is 0 Å². The van der Waals surface area contributed by atoms with E-state index in [0.29, 0.717) is 16.4 Å². The summed E-state index contributed by atoms with van der Waals surface area (Å²) in [5.74, 6) is -0.178. The average molecular weight is 309 g/mol. The molecule has 0 saturated carbocycles. The number of nitrogens with two attached hydrogens (primary N) is 2. The van der Waals surface area contributed by atoms with Crippen LogP contribution >= 0.6 is 11.3 Å². The highest BCUT2D eigenvalue weighted by Crippen LogP contribution is 2.40. The van der Waals surface area contributed by atoms with Crippen LogP contribution in [0, 0.1) is 11.8 Å². The van der Waals surface area contributed by atoms with Gasteiger partial charge in [-0.05, 0) is 18.8 Å². The Bertz CT molecular complexity index is 566. The lowest BCUT2D eigenvalue weighted by Gasteiger charge is -2.32. The molecule has 2 heterocycles. The van der Waals surface area contributed by atoms with Crippen molar-refractivity contribution in [3.63, 3.8) is 0 Å². The predicted molar refractivity (Wildman–Crippen MR) is 87.0 cm³/mol. The molecule has 1 fully saturated rings. The Morgan fingerprint density at radius 1 is 1.38 bits per heavy atom. The molecule has 0 radical (unpaired) electrons. The number of rotatable bonds is 4. The van der Waals surface area contributed by atoms with Crippen LogP contribution in [0.25, 0.3) is 0 Å². The van der Waals surface area contributed by atoms with Crippen LogP contribution in [-0.4, -0.2) is 24.8 Å². The number of carbonyl (C=O) groups is 2. The number of piperidine rings is 1. The fraction of sp³-hybridized carbons (Fsp3) is 0.600. The summed E-state index contributed by atoms with van der Waals surface area (Å²) in [6.45, 7) is 7.59. The first-order valence-corrected chi connectivity index (χ1v) is 8.15. The smallest absolute Gasteiger partial charge is 0.253 e. The minimum atomic E-state index is -0.556. The third kappa shape index (κ3) is 3.05. The van der Waals surface area contributed by atoms with Crippen molar-refractivity contribution in [3.8, 4) is 0 Å². The number of hydrogen-bond acceptors (Lipinski definition) is 5. The molecule has 1 atom stereocenters. The summed E-state index contributed by atoms with van der Waals surface area (Å²) in [6.07, 6.45) is 2.26. The minimum absolute atomic E-state index is 0.0312. The fourth-order valence-corrected chi connectivity index (χ4v) is 4.06. The van der Waals surface area contributed by atoms with Crippen LogP contribution in [0.4, 0.5) is 10.7 Å². The molecule has 2 rings (SSSR count). The summed E-state index contributed by atoms with van der Waals surface area (Å²) >= 11 is 1.31. The number of thiophene rings is 1. The minimum Gasteiger partial charge on any atom is -0.397 e. The SMILES string of the molecule is CC1CCCN(c2sc(C(=O)C(C)C)c(N)c2C(N)=O)C1. The van der Waals surface area contributed by atoms with Gasteiger partial charge in [0, 0.05) is 19.0 Å². The Hall–Kier alpha value is -1.56. The first kappa shape index (κ1) is 15.8. The zero-order valence-electron chi connectivity index (χ0n) is 12.8. The Labute approximate surface area is 129 Å². The van der Waals surface area contributed by atoms with Gasteiger partial charge in [-0.2, -0.15) is 0 Å². The topological polar surface area (TPSA) is 89.4 Å². The molecule has 4 N–H and O–H groups in total. The maximum Gasteiger partial charge on any atom is 0.253 e. The second-order valence-corrected chi connectivity index (χ2v) is 7.10. The number of nitrogens with zero attached hydrogens (tertiary/aromatic N) is 1. The molecule has 116 valence electrons. The van der Waals surface area contributed by atoms with Gasteiger partial charge in [0.15, 0.2) is 5.78 Å². The summed E-state index contributed by atoms with van der Waals surface area (Å²) in [7, 11) is 0. The highest BCUT2D eigenvalue weighted by molar-refractivity contribution is 7.19. The maximum atomic E-state index is 12.3.